The summed E-state index contributed by atoms with van der Waals surface area (Å²) in [5.41, 5.74) is -3.19. The van der Waals surface area contributed by atoms with Crippen LogP contribution in [0.4, 0.5) is 0 Å². The third kappa shape index (κ3) is 35.2. The van der Waals surface area contributed by atoms with E-state index in [1.807, 2.05) is 0 Å². The molecule has 0 aliphatic heterocycles. The Kier molecular flexibility index (Phi) is 2.27. The summed E-state index contributed by atoms with van der Waals surface area (Å²) in [5.74, 6) is 0. The summed E-state index contributed by atoms with van der Waals surface area (Å²) in [6, 6.07) is 0. The maximum atomic E-state index is 7.96. The normalized spacial score (nSPS) is 15.2. The van der Waals surface area contributed by atoms with Crippen LogP contribution in [0, 0.1) is 0 Å². The van der Waals surface area contributed by atoms with E-state index in [4.69, 9.17) is 38.6 Å². The van der Waals surface area contributed by atoms with Crippen molar-refractivity contribution in [1.82, 2.24) is 0 Å². The van der Waals surface area contributed by atoms with Gasteiger partial charge < -0.3 is 0 Å². The fourth-order valence-electron chi connectivity index (χ4n) is 0. The molecular formula is H2Cl3OP. The standard InChI is InChI=1S/Cl3H2OP/c1-5(2,3)4/h4-5H. The van der Waals surface area contributed by atoms with Gasteiger partial charge in [0.2, 0.25) is 0 Å². The molecule has 1 N–H and O–H groups in total. The maximum absolute atomic E-state index is 7.96. The minimum absolute atomic E-state index is 3.19. The van der Waals surface area contributed by atoms with Crippen molar-refractivity contribution in [2.24, 2.45) is 0 Å². The van der Waals surface area contributed by atoms with Crippen LogP contribution >= 0.6 is 39.3 Å². The molecule has 0 amide bonds. The topological polar surface area (TPSA) is 20.2 Å². The molecule has 0 bridgehead atoms. The molecule has 0 rings (SSSR count). The van der Waals surface area contributed by atoms with Gasteiger partial charge in [-0.1, -0.05) is 0 Å². The molecule has 0 radical (unpaired) electrons. The van der Waals surface area contributed by atoms with Crippen LogP contribution in [0.1, 0.15) is 0 Å². The van der Waals surface area contributed by atoms with Crippen LogP contribution < -0.4 is 0 Å². The molecule has 5 heavy (non-hydrogen) atoms. The fraction of sp³-hybridized carbons (Fsp3) is 0. The van der Waals surface area contributed by atoms with Gasteiger partial charge in [-0.05, 0) is 0 Å². The van der Waals surface area contributed by atoms with Crippen LogP contribution in [0.2, 0.25) is 0 Å². The molecule has 0 saturated heterocycles. The molecule has 0 spiro atoms. The Morgan fingerprint density at radius 1 is 1.20 bits per heavy atom. The van der Waals surface area contributed by atoms with E-state index in [1.54, 1.807) is 0 Å². The fourth-order valence-corrected chi connectivity index (χ4v) is 0. The molecule has 0 aliphatic rings. The molecule has 0 aromatic heterocycles. The number of hydrogen-bond donors (Lipinski definition) is 1. The third-order valence-corrected chi connectivity index (χ3v) is 0. The first kappa shape index (κ1) is 6.26. The minimum atomic E-state index is -3.19. The van der Waals surface area contributed by atoms with Gasteiger partial charge in [0, 0.05) is 0 Å². The summed E-state index contributed by atoms with van der Waals surface area (Å²) in [5, 5.41) is 0. The summed E-state index contributed by atoms with van der Waals surface area (Å²) < 4.78 is 0. The van der Waals surface area contributed by atoms with E-state index >= 15 is 0 Å². The van der Waals surface area contributed by atoms with Crippen molar-refractivity contribution in [3.05, 3.63) is 0 Å². The van der Waals surface area contributed by atoms with E-state index in [2.05, 4.69) is 0 Å². The van der Waals surface area contributed by atoms with Crippen LogP contribution in [0.5, 0.6) is 0 Å². The predicted molar refractivity (Wildman–Crippen MR) is 28.1 cm³/mol. The molecule has 0 aromatic carbocycles. The van der Waals surface area contributed by atoms with Crippen molar-refractivity contribution in [3.8, 4) is 0 Å². The zero-order chi connectivity index (χ0) is 4.50. The summed E-state index contributed by atoms with van der Waals surface area (Å²) >= 11 is 14.3. The summed E-state index contributed by atoms with van der Waals surface area (Å²) in [6.45, 7) is 0. The van der Waals surface area contributed by atoms with Crippen molar-refractivity contribution in [3.63, 3.8) is 0 Å². The summed E-state index contributed by atoms with van der Waals surface area (Å²) in [7, 11) is 0. The summed E-state index contributed by atoms with van der Waals surface area (Å²) in [4.78, 5) is 7.96. The number of hydrogen-bond acceptors (Lipinski definition) is 1. The van der Waals surface area contributed by atoms with Crippen molar-refractivity contribution in [2.45, 2.75) is 0 Å². The molecule has 34 valence electrons. The molecular weight excluding hydrogens is 153 g/mol. The average Bonchev–Trinajstić information content (AvgIpc) is 0.722. The van der Waals surface area contributed by atoms with Crippen molar-refractivity contribution < 1.29 is 4.89 Å². The van der Waals surface area contributed by atoms with E-state index in [9.17, 15) is 0 Å². The Hall–Kier alpha value is 1.26. The Morgan fingerprint density at radius 2 is 1.20 bits per heavy atom. The predicted octanol–water partition coefficient (Wildman–Crippen LogP) is 2.10. The third-order valence-electron chi connectivity index (χ3n) is 0. The van der Waals surface area contributed by atoms with Gasteiger partial charge in [-0.25, -0.2) is 0 Å². The quantitative estimate of drug-likeness (QED) is 0.531. The van der Waals surface area contributed by atoms with Gasteiger partial charge in [0.1, 0.15) is 0 Å². The number of rotatable bonds is 0. The zero-order valence-corrected chi connectivity index (χ0v) is 5.35. The molecule has 0 saturated carbocycles. The molecule has 0 unspecified atom stereocenters. The summed E-state index contributed by atoms with van der Waals surface area (Å²) in [6.07, 6.45) is 0. The Bertz CT molecular complexity index is 22.4. The SMILES string of the molecule is O[PH](Cl)(Cl)Cl. The molecule has 5 heteroatoms. The second-order valence-corrected chi connectivity index (χ2v) is 8.07. The average molecular weight is 155 g/mol. The van der Waals surface area contributed by atoms with E-state index < -0.39 is 5.55 Å². The monoisotopic (exact) mass is 154 g/mol. The van der Waals surface area contributed by atoms with E-state index in [0.29, 0.717) is 0 Å². The van der Waals surface area contributed by atoms with Crippen LogP contribution in [0.3, 0.4) is 0 Å². The molecule has 1 nitrogen and oxygen atoms in total. The van der Waals surface area contributed by atoms with Gasteiger partial charge in [-0.2, -0.15) is 0 Å². The van der Waals surface area contributed by atoms with Crippen LogP contribution in [0.15, 0.2) is 0 Å². The van der Waals surface area contributed by atoms with E-state index in [1.165, 1.54) is 0 Å². The Balaban J connectivity index is 3.02. The first-order chi connectivity index (χ1) is 2.00. The molecule has 0 atom stereocenters. The molecule has 0 heterocycles. The zero-order valence-electron chi connectivity index (χ0n) is 2.08. The van der Waals surface area contributed by atoms with Gasteiger partial charge >= 0.3 is 44.2 Å². The molecule has 0 aliphatic carbocycles. The van der Waals surface area contributed by atoms with Crippen molar-refractivity contribution in [1.29, 1.82) is 0 Å². The van der Waals surface area contributed by atoms with Gasteiger partial charge in [-0.3, -0.25) is 0 Å². The Morgan fingerprint density at radius 3 is 1.20 bits per heavy atom. The van der Waals surface area contributed by atoms with Crippen molar-refractivity contribution in [2.75, 3.05) is 0 Å². The van der Waals surface area contributed by atoms with Gasteiger partial charge in [0.15, 0.2) is 0 Å². The van der Waals surface area contributed by atoms with Crippen LogP contribution in [-0.2, 0) is 0 Å². The Labute approximate surface area is 44.6 Å². The second-order valence-electron chi connectivity index (χ2n) is 0.468. The van der Waals surface area contributed by atoms with Gasteiger partial charge in [-0.15, -0.1) is 0 Å². The second kappa shape index (κ2) is 1.81. The van der Waals surface area contributed by atoms with Gasteiger partial charge in [0.05, 0.1) is 0 Å². The first-order valence-electron chi connectivity index (χ1n) is 0.791. The molecule has 0 aromatic rings. The van der Waals surface area contributed by atoms with E-state index in [0.717, 1.165) is 0 Å². The van der Waals surface area contributed by atoms with Crippen LogP contribution in [0.25, 0.3) is 0 Å². The molecule has 0 fully saturated rings. The number of halogens is 3. The van der Waals surface area contributed by atoms with E-state index in [-0.39, 0.29) is 0 Å². The van der Waals surface area contributed by atoms with Crippen molar-refractivity contribution >= 4 is 39.3 Å². The van der Waals surface area contributed by atoms with Crippen LogP contribution in [-0.4, -0.2) is 4.89 Å². The first-order valence-corrected chi connectivity index (χ1v) is 5.77. The van der Waals surface area contributed by atoms with Gasteiger partial charge in [0.25, 0.3) is 0 Å².